The van der Waals surface area contributed by atoms with Crippen LogP contribution in [0, 0.1) is 6.92 Å². The number of alkyl halides is 3. The topological polar surface area (TPSA) is 110 Å². The van der Waals surface area contributed by atoms with Gasteiger partial charge in [0.15, 0.2) is 0 Å². The van der Waals surface area contributed by atoms with Crippen LogP contribution < -0.4 is 16.4 Å². The van der Waals surface area contributed by atoms with Crippen LogP contribution in [0.5, 0.6) is 0 Å². The third-order valence-corrected chi connectivity index (χ3v) is 6.69. The fraction of sp³-hybridized carbons (Fsp3) is 0.0667. The first-order chi connectivity index (χ1) is 19.7. The number of carbonyl (C=O) groups is 1. The summed E-state index contributed by atoms with van der Waals surface area (Å²) in [5, 5.41) is 6.72. The first-order valence-electron chi connectivity index (χ1n) is 12.5. The van der Waals surface area contributed by atoms with Crippen molar-refractivity contribution in [1.29, 1.82) is 0 Å². The normalized spacial score (nSPS) is 11.6. The summed E-state index contributed by atoms with van der Waals surface area (Å²) in [6.45, 7) is 1.88. The lowest BCUT2D eigenvalue weighted by atomic mass is 10.00. The number of halogens is 3. The van der Waals surface area contributed by atoms with Gasteiger partial charge in [-0.1, -0.05) is 36.4 Å². The van der Waals surface area contributed by atoms with E-state index in [0.717, 1.165) is 34.3 Å². The summed E-state index contributed by atoms with van der Waals surface area (Å²) in [6, 6.07) is 18.5. The lowest BCUT2D eigenvalue weighted by Crippen LogP contribution is -2.20. The fourth-order valence-electron chi connectivity index (χ4n) is 4.89. The highest BCUT2D eigenvalue weighted by atomic mass is 19.4. The number of rotatable bonds is 4. The molecule has 204 valence electrons. The molecule has 8 nitrogen and oxygen atoms in total. The standard InChI is InChI=1S/C30H22F3N7O/c1-17-37-26(27-28(34)36-16-25(40(17)27)18-6-5-13-35-15-18)23-11-12-24(22-10-3-2-9-21(22)23)39-29(41)38-20-8-4-7-19(14-20)30(31,32)33/h2-16H,1H3,(H2,34,36)(H2,38,39,41). The molecule has 0 fully saturated rings. The monoisotopic (exact) mass is 553 g/mol. The zero-order chi connectivity index (χ0) is 28.7. The van der Waals surface area contributed by atoms with Gasteiger partial charge in [0, 0.05) is 34.6 Å². The van der Waals surface area contributed by atoms with E-state index in [2.05, 4.69) is 20.6 Å². The minimum atomic E-state index is -4.52. The Balaban J connectivity index is 1.40. The van der Waals surface area contributed by atoms with Gasteiger partial charge in [-0.05, 0) is 48.7 Å². The second-order valence-electron chi connectivity index (χ2n) is 9.33. The molecular weight excluding hydrogens is 531 g/mol. The average Bonchev–Trinajstić information content (AvgIpc) is 3.31. The number of nitrogens with zero attached hydrogens (tertiary/aromatic N) is 4. The molecular formula is C30H22F3N7O. The zero-order valence-electron chi connectivity index (χ0n) is 21.6. The predicted octanol–water partition coefficient (Wildman–Crippen LogP) is 7.16. The number of benzene rings is 3. The molecule has 41 heavy (non-hydrogen) atoms. The van der Waals surface area contributed by atoms with E-state index in [9.17, 15) is 18.0 Å². The Morgan fingerprint density at radius 2 is 1.73 bits per heavy atom. The highest BCUT2D eigenvalue weighted by Crippen LogP contribution is 2.38. The maximum Gasteiger partial charge on any atom is 0.416 e. The van der Waals surface area contributed by atoms with Crippen LogP contribution in [0.15, 0.2) is 91.4 Å². The van der Waals surface area contributed by atoms with E-state index in [0.29, 0.717) is 33.9 Å². The SMILES string of the molecule is Cc1nc(-c2ccc(NC(=O)Nc3cccc(C(F)(F)F)c3)c3ccccc23)c2c(N)ncc(-c3cccnc3)n12. The third-order valence-electron chi connectivity index (χ3n) is 6.69. The summed E-state index contributed by atoms with van der Waals surface area (Å²) in [4.78, 5) is 26.3. The van der Waals surface area contributed by atoms with Crippen molar-refractivity contribution in [3.63, 3.8) is 0 Å². The largest absolute Gasteiger partial charge is 0.416 e. The minimum absolute atomic E-state index is 0.0191. The number of nitrogens with one attached hydrogen (secondary N) is 2. The van der Waals surface area contributed by atoms with Crippen molar-refractivity contribution in [2.45, 2.75) is 13.1 Å². The van der Waals surface area contributed by atoms with E-state index in [-0.39, 0.29) is 5.69 Å². The van der Waals surface area contributed by atoms with Crippen LogP contribution in [0.1, 0.15) is 11.4 Å². The van der Waals surface area contributed by atoms with Gasteiger partial charge in [0.05, 0.1) is 23.1 Å². The summed E-state index contributed by atoms with van der Waals surface area (Å²) in [5.74, 6) is 1.01. The van der Waals surface area contributed by atoms with Gasteiger partial charge in [0.25, 0.3) is 0 Å². The van der Waals surface area contributed by atoms with E-state index >= 15 is 0 Å². The van der Waals surface area contributed by atoms with Crippen LogP contribution in [-0.2, 0) is 6.18 Å². The highest BCUT2D eigenvalue weighted by molar-refractivity contribution is 6.11. The number of hydrogen-bond acceptors (Lipinski definition) is 5. The van der Waals surface area contributed by atoms with Crippen molar-refractivity contribution in [2.75, 3.05) is 16.4 Å². The second-order valence-corrected chi connectivity index (χ2v) is 9.33. The molecule has 0 aliphatic carbocycles. The number of aromatic nitrogens is 4. The van der Waals surface area contributed by atoms with E-state index in [1.54, 1.807) is 24.7 Å². The molecule has 6 aromatic rings. The molecule has 11 heteroatoms. The van der Waals surface area contributed by atoms with E-state index in [4.69, 9.17) is 10.7 Å². The van der Waals surface area contributed by atoms with E-state index in [1.807, 2.05) is 53.8 Å². The Kier molecular flexibility index (Phi) is 6.26. The van der Waals surface area contributed by atoms with E-state index < -0.39 is 17.8 Å². The van der Waals surface area contributed by atoms with Crippen molar-refractivity contribution in [3.05, 3.63) is 103 Å². The number of anilines is 3. The molecule has 0 atom stereocenters. The molecule has 0 aliphatic heterocycles. The van der Waals surface area contributed by atoms with Gasteiger partial charge in [-0.3, -0.25) is 9.38 Å². The predicted molar refractivity (Wildman–Crippen MR) is 152 cm³/mol. The molecule has 3 aromatic carbocycles. The van der Waals surface area contributed by atoms with Gasteiger partial charge in [-0.15, -0.1) is 0 Å². The lowest BCUT2D eigenvalue weighted by Gasteiger charge is -2.14. The maximum absolute atomic E-state index is 13.1. The molecule has 0 radical (unpaired) electrons. The van der Waals surface area contributed by atoms with Crippen LogP contribution in [0.2, 0.25) is 0 Å². The average molecular weight is 554 g/mol. The number of urea groups is 1. The van der Waals surface area contributed by atoms with Crippen molar-refractivity contribution in [2.24, 2.45) is 0 Å². The molecule has 0 bridgehead atoms. The van der Waals surface area contributed by atoms with Gasteiger partial charge in [-0.2, -0.15) is 13.2 Å². The Hall–Kier alpha value is -5.45. The number of nitrogen functional groups attached to an aromatic ring is 1. The second kappa shape index (κ2) is 9.94. The minimum Gasteiger partial charge on any atom is -0.382 e. The summed E-state index contributed by atoms with van der Waals surface area (Å²) >= 11 is 0. The fourth-order valence-corrected chi connectivity index (χ4v) is 4.89. The van der Waals surface area contributed by atoms with Crippen LogP contribution in [0.25, 0.3) is 38.8 Å². The van der Waals surface area contributed by atoms with Gasteiger partial charge < -0.3 is 16.4 Å². The molecule has 6 rings (SSSR count). The lowest BCUT2D eigenvalue weighted by molar-refractivity contribution is -0.137. The van der Waals surface area contributed by atoms with Crippen molar-refractivity contribution >= 4 is 39.5 Å². The van der Waals surface area contributed by atoms with Gasteiger partial charge in [0.2, 0.25) is 0 Å². The number of imidazole rings is 1. The molecule has 0 unspecified atom stereocenters. The molecule has 0 saturated carbocycles. The number of amides is 2. The summed E-state index contributed by atoms with van der Waals surface area (Å²) in [7, 11) is 0. The maximum atomic E-state index is 13.1. The quantitative estimate of drug-likeness (QED) is 0.214. The number of nitrogens with two attached hydrogens (primary N) is 1. The van der Waals surface area contributed by atoms with Crippen molar-refractivity contribution < 1.29 is 18.0 Å². The number of pyridine rings is 1. The number of carbonyl (C=O) groups excluding carboxylic acids is 1. The molecule has 2 amide bonds. The number of fused-ring (bicyclic) bond motifs is 2. The summed E-state index contributed by atoms with van der Waals surface area (Å²) in [6.07, 6.45) is 0.602. The van der Waals surface area contributed by atoms with Gasteiger partial charge in [0.1, 0.15) is 22.9 Å². The first-order valence-corrected chi connectivity index (χ1v) is 12.5. The Morgan fingerprint density at radius 1 is 0.927 bits per heavy atom. The number of hydrogen-bond donors (Lipinski definition) is 3. The Morgan fingerprint density at radius 3 is 2.49 bits per heavy atom. The Labute approximate surface area is 231 Å². The molecule has 3 heterocycles. The van der Waals surface area contributed by atoms with Gasteiger partial charge >= 0.3 is 12.2 Å². The molecule has 4 N–H and O–H groups in total. The van der Waals surface area contributed by atoms with Gasteiger partial charge in [-0.25, -0.2) is 14.8 Å². The molecule has 0 spiro atoms. The van der Waals surface area contributed by atoms with Crippen LogP contribution in [0.4, 0.5) is 35.2 Å². The van der Waals surface area contributed by atoms with Crippen molar-refractivity contribution in [1.82, 2.24) is 19.4 Å². The third kappa shape index (κ3) is 4.78. The highest BCUT2D eigenvalue weighted by Gasteiger charge is 2.30. The zero-order valence-corrected chi connectivity index (χ0v) is 21.6. The first kappa shape index (κ1) is 25.8. The molecule has 3 aromatic heterocycles. The van der Waals surface area contributed by atoms with Crippen LogP contribution in [0.3, 0.4) is 0 Å². The number of aryl methyl sites for hydroxylation is 1. The van der Waals surface area contributed by atoms with Crippen LogP contribution >= 0.6 is 0 Å². The smallest absolute Gasteiger partial charge is 0.382 e. The molecule has 0 aliphatic rings. The summed E-state index contributed by atoms with van der Waals surface area (Å²) in [5.41, 5.74) is 9.68. The molecule has 0 saturated heterocycles. The van der Waals surface area contributed by atoms with E-state index in [1.165, 1.54) is 12.1 Å². The van der Waals surface area contributed by atoms with Crippen LogP contribution in [-0.4, -0.2) is 25.4 Å². The van der Waals surface area contributed by atoms with Crippen molar-refractivity contribution in [3.8, 4) is 22.5 Å². The summed E-state index contributed by atoms with van der Waals surface area (Å²) < 4.78 is 41.2. The Bertz CT molecular complexity index is 1930.